The number of halogens is 2. The number of carbonyl (C=O) groups excluding carboxylic acids is 1. The Balaban J connectivity index is 2.83. The number of nitrogens with one attached hydrogen (secondary N) is 1. The molecule has 0 atom stereocenters. The molecule has 0 aliphatic heterocycles. The van der Waals surface area contributed by atoms with Crippen LogP contribution in [0.5, 0.6) is 0 Å². The largest absolute Gasteiger partial charge is 0.452 e. The zero-order valence-corrected chi connectivity index (χ0v) is 8.75. The maximum atomic E-state index is 12.9. The van der Waals surface area contributed by atoms with Crippen LogP contribution in [0.4, 0.5) is 13.6 Å². The van der Waals surface area contributed by atoms with E-state index in [2.05, 4.69) is 15.3 Å². The van der Waals surface area contributed by atoms with Gasteiger partial charge < -0.3 is 4.74 Å². The zero-order chi connectivity index (χ0) is 12.1. The first-order chi connectivity index (χ1) is 7.54. The molecule has 16 heavy (non-hydrogen) atoms. The van der Waals surface area contributed by atoms with Crippen molar-refractivity contribution in [2.45, 2.75) is 6.92 Å². The highest BCUT2D eigenvalue weighted by molar-refractivity contribution is 5.99. The minimum absolute atomic E-state index is 0.337. The van der Waals surface area contributed by atoms with E-state index < -0.39 is 17.7 Å². The number of benzene rings is 1. The van der Waals surface area contributed by atoms with Gasteiger partial charge in [0.05, 0.1) is 12.8 Å². The van der Waals surface area contributed by atoms with Crippen molar-refractivity contribution in [3.8, 4) is 0 Å². The van der Waals surface area contributed by atoms with Crippen molar-refractivity contribution >= 4 is 11.8 Å². The van der Waals surface area contributed by atoms with E-state index in [-0.39, 0.29) is 0 Å². The summed E-state index contributed by atoms with van der Waals surface area (Å²) in [5, 5.41) is 3.64. The molecule has 1 rings (SSSR count). The van der Waals surface area contributed by atoms with Gasteiger partial charge in [-0.1, -0.05) is 0 Å². The third-order valence-corrected chi connectivity index (χ3v) is 1.84. The second kappa shape index (κ2) is 5.20. The van der Waals surface area contributed by atoms with E-state index in [1.807, 2.05) is 0 Å². The van der Waals surface area contributed by atoms with Gasteiger partial charge in [-0.2, -0.15) is 5.10 Å². The molecule has 1 N–H and O–H groups in total. The molecule has 0 aliphatic carbocycles. The standard InChI is InChI=1S/C10H10F2N2O2/c1-6(13-14-10(15)16-2)7-3-4-8(11)9(12)5-7/h3-5H,1-2H3,(H,14,15)/b13-6-. The topological polar surface area (TPSA) is 50.7 Å². The molecule has 0 unspecified atom stereocenters. The number of nitrogens with zero attached hydrogens (tertiary/aromatic N) is 1. The molecule has 0 radical (unpaired) electrons. The van der Waals surface area contributed by atoms with E-state index in [9.17, 15) is 13.6 Å². The molecule has 0 aromatic heterocycles. The van der Waals surface area contributed by atoms with Gasteiger partial charge in [-0.25, -0.2) is 19.0 Å². The second-order valence-electron chi connectivity index (χ2n) is 2.93. The summed E-state index contributed by atoms with van der Waals surface area (Å²) in [6.07, 6.45) is -0.734. The molecule has 1 aromatic carbocycles. The fraction of sp³-hybridized carbons (Fsp3) is 0.200. The lowest BCUT2D eigenvalue weighted by atomic mass is 10.1. The van der Waals surface area contributed by atoms with E-state index in [0.717, 1.165) is 12.1 Å². The maximum absolute atomic E-state index is 12.9. The van der Waals surface area contributed by atoms with Gasteiger partial charge in [0.1, 0.15) is 0 Å². The van der Waals surface area contributed by atoms with Crippen LogP contribution >= 0.6 is 0 Å². The molecular formula is C10H10F2N2O2. The van der Waals surface area contributed by atoms with Crippen molar-refractivity contribution in [2.24, 2.45) is 5.10 Å². The Bertz CT molecular complexity index is 433. The summed E-state index contributed by atoms with van der Waals surface area (Å²) in [4.78, 5) is 10.7. The molecule has 0 aliphatic rings. The molecule has 86 valence electrons. The number of methoxy groups -OCH3 is 1. The smallest absolute Gasteiger partial charge is 0.427 e. The van der Waals surface area contributed by atoms with Gasteiger partial charge in [0.15, 0.2) is 11.6 Å². The number of rotatable bonds is 2. The Kier molecular flexibility index (Phi) is 3.93. The van der Waals surface area contributed by atoms with E-state index >= 15 is 0 Å². The summed E-state index contributed by atoms with van der Waals surface area (Å²) in [6, 6.07) is 3.34. The molecule has 6 heteroatoms. The van der Waals surface area contributed by atoms with Crippen LogP contribution in [-0.2, 0) is 4.74 Å². The number of ether oxygens (including phenoxy) is 1. The summed E-state index contributed by atoms with van der Waals surface area (Å²) in [7, 11) is 1.19. The van der Waals surface area contributed by atoms with Crippen molar-refractivity contribution < 1.29 is 18.3 Å². The highest BCUT2D eigenvalue weighted by Gasteiger charge is 2.05. The Morgan fingerprint density at radius 2 is 2.06 bits per heavy atom. The van der Waals surface area contributed by atoms with Crippen LogP contribution in [0.1, 0.15) is 12.5 Å². The molecular weight excluding hydrogens is 218 g/mol. The van der Waals surface area contributed by atoms with Crippen LogP contribution in [0, 0.1) is 11.6 Å². The normalized spacial score (nSPS) is 11.1. The summed E-state index contributed by atoms with van der Waals surface area (Å²) in [5.41, 5.74) is 2.78. The molecule has 0 saturated carbocycles. The number of hydrazone groups is 1. The quantitative estimate of drug-likeness (QED) is 0.622. The average molecular weight is 228 g/mol. The zero-order valence-electron chi connectivity index (χ0n) is 8.75. The van der Waals surface area contributed by atoms with Crippen LogP contribution in [0.15, 0.2) is 23.3 Å². The van der Waals surface area contributed by atoms with Crippen molar-refractivity contribution in [1.29, 1.82) is 0 Å². The Morgan fingerprint density at radius 1 is 1.38 bits per heavy atom. The van der Waals surface area contributed by atoms with E-state index in [4.69, 9.17) is 0 Å². The van der Waals surface area contributed by atoms with E-state index in [1.165, 1.54) is 13.2 Å². The molecule has 1 amide bonds. The number of hydrogen-bond donors (Lipinski definition) is 1. The molecule has 1 aromatic rings. The van der Waals surface area contributed by atoms with Gasteiger partial charge >= 0.3 is 6.09 Å². The first-order valence-corrected chi connectivity index (χ1v) is 4.38. The number of hydrogen-bond acceptors (Lipinski definition) is 3. The summed E-state index contributed by atoms with van der Waals surface area (Å²) < 4.78 is 29.8. The fourth-order valence-corrected chi connectivity index (χ4v) is 0.961. The summed E-state index contributed by atoms with van der Waals surface area (Å²) in [6.45, 7) is 1.54. The van der Waals surface area contributed by atoms with Crippen molar-refractivity contribution in [3.63, 3.8) is 0 Å². The third-order valence-electron chi connectivity index (χ3n) is 1.84. The molecule has 0 fully saturated rings. The maximum Gasteiger partial charge on any atom is 0.427 e. The van der Waals surface area contributed by atoms with Gasteiger partial charge in [-0.15, -0.1) is 0 Å². The van der Waals surface area contributed by atoms with Gasteiger partial charge in [-0.3, -0.25) is 0 Å². The van der Waals surface area contributed by atoms with Gasteiger partial charge in [0, 0.05) is 5.56 Å². The third kappa shape index (κ3) is 3.01. The van der Waals surface area contributed by atoms with Crippen LogP contribution in [0.2, 0.25) is 0 Å². The first kappa shape index (κ1) is 12.1. The number of amides is 1. The Hall–Kier alpha value is -1.98. The van der Waals surface area contributed by atoms with Crippen LogP contribution in [0.25, 0.3) is 0 Å². The molecule has 0 heterocycles. The predicted molar refractivity (Wildman–Crippen MR) is 54.1 cm³/mol. The van der Waals surface area contributed by atoms with Crippen LogP contribution in [-0.4, -0.2) is 18.9 Å². The van der Waals surface area contributed by atoms with Crippen molar-refractivity contribution in [3.05, 3.63) is 35.4 Å². The summed E-state index contributed by atoms with van der Waals surface area (Å²) in [5.74, 6) is -1.90. The average Bonchev–Trinajstić information content (AvgIpc) is 2.29. The lowest BCUT2D eigenvalue weighted by Crippen LogP contribution is -2.18. The minimum Gasteiger partial charge on any atom is -0.452 e. The van der Waals surface area contributed by atoms with Crippen LogP contribution in [0.3, 0.4) is 0 Å². The van der Waals surface area contributed by atoms with Gasteiger partial charge in [0.2, 0.25) is 0 Å². The first-order valence-electron chi connectivity index (χ1n) is 4.38. The predicted octanol–water partition coefficient (Wildman–Crippen LogP) is 2.04. The monoisotopic (exact) mass is 228 g/mol. The number of carbonyl (C=O) groups is 1. The molecule has 0 saturated heterocycles. The highest BCUT2D eigenvalue weighted by atomic mass is 19.2. The highest BCUT2D eigenvalue weighted by Crippen LogP contribution is 2.09. The van der Waals surface area contributed by atoms with E-state index in [1.54, 1.807) is 6.92 Å². The lowest BCUT2D eigenvalue weighted by Gasteiger charge is -2.02. The summed E-state index contributed by atoms with van der Waals surface area (Å²) >= 11 is 0. The van der Waals surface area contributed by atoms with Crippen molar-refractivity contribution in [1.82, 2.24) is 5.43 Å². The van der Waals surface area contributed by atoms with Gasteiger partial charge in [-0.05, 0) is 25.1 Å². The lowest BCUT2D eigenvalue weighted by molar-refractivity contribution is 0.171. The SMILES string of the molecule is COC(=O)N/N=C(/C)c1ccc(F)c(F)c1. The molecule has 0 bridgehead atoms. The van der Waals surface area contributed by atoms with Gasteiger partial charge in [0.25, 0.3) is 0 Å². The Labute approximate surface area is 90.9 Å². The van der Waals surface area contributed by atoms with E-state index in [0.29, 0.717) is 11.3 Å². The van der Waals surface area contributed by atoms with Crippen LogP contribution < -0.4 is 5.43 Å². The fourth-order valence-electron chi connectivity index (χ4n) is 0.961. The molecule has 4 nitrogen and oxygen atoms in total. The second-order valence-corrected chi connectivity index (χ2v) is 2.93. The van der Waals surface area contributed by atoms with Crippen molar-refractivity contribution in [2.75, 3.05) is 7.11 Å². The molecule has 0 spiro atoms. The minimum atomic E-state index is -0.967. The Morgan fingerprint density at radius 3 is 2.62 bits per heavy atom.